The van der Waals surface area contributed by atoms with Gasteiger partial charge in [0.1, 0.15) is 5.75 Å². The van der Waals surface area contributed by atoms with Gasteiger partial charge in [-0.05, 0) is 48.9 Å². The number of ether oxygens (including phenoxy) is 1. The van der Waals surface area contributed by atoms with E-state index < -0.39 is 17.6 Å². The second-order valence-electron chi connectivity index (χ2n) is 5.15. The summed E-state index contributed by atoms with van der Waals surface area (Å²) in [5, 5.41) is 3.01. The van der Waals surface area contributed by atoms with Crippen molar-refractivity contribution in [1.82, 2.24) is 0 Å². The molecule has 0 aromatic heterocycles. The molecule has 0 saturated heterocycles. The lowest BCUT2D eigenvalue weighted by atomic mass is 10.2. The summed E-state index contributed by atoms with van der Waals surface area (Å²) in [4.78, 5) is 11.9. The largest absolute Gasteiger partial charge is 0.494 e. The van der Waals surface area contributed by atoms with Crippen molar-refractivity contribution >= 4 is 34.8 Å². The summed E-state index contributed by atoms with van der Waals surface area (Å²) in [7, 11) is 0. The fraction of sp³-hybridized carbons (Fsp3) is 0.235. The lowest BCUT2D eigenvalue weighted by Gasteiger charge is -2.12. The van der Waals surface area contributed by atoms with Crippen LogP contribution in [0.15, 0.2) is 42.5 Å². The van der Waals surface area contributed by atoms with Crippen molar-refractivity contribution in [3.63, 3.8) is 0 Å². The molecule has 1 N–H and O–H groups in total. The fourth-order valence-electron chi connectivity index (χ4n) is 1.96. The quantitative estimate of drug-likeness (QED) is 0.630. The van der Waals surface area contributed by atoms with Crippen LogP contribution in [0.2, 0.25) is 10.0 Å². The van der Waals surface area contributed by atoms with Crippen molar-refractivity contribution in [1.29, 1.82) is 0 Å². The zero-order chi connectivity index (χ0) is 18.4. The summed E-state index contributed by atoms with van der Waals surface area (Å²) < 4.78 is 43.5. The maximum Gasteiger partial charge on any atom is 0.416 e. The van der Waals surface area contributed by atoms with Gasteiger partial charge in [0.2, 0.25) is 5.91 Å². The van der Waals surface area contributed by atoms with E-state index in [0.717, 1.165) is 18.2 Å². The Bertz CT molecular complexity index is 734. The molecule has 0 unspecified atom stereocenters. The van der Waals surface area contributed by atoms with Gasteiger partial charge in [-0.2, -0.15) is 13.2 Å². The van der Waals surface area contributed by atoms with Crippen LogP contribution in [-0.4, -0.2) is 12.5 Å². The average molecular weight is 392 g/mol. The van der Waals surface area contributed by atoms with Crippen LogP contribution in [0, 0.1) is 0 Å². The van der Waals surface area contributed by atoms with Crippen molar-refractivity contribution in [3.8, 4) is 5.75 Å². The number of rotatable bonds is 6. The molecule has 1 amide bonds. The molecule has 0 aliphatic carbocycles. The topological polar surface area (TPSA) is 38.3 Å². The maximum absolute atomic E-state index is 12.7. The van der Waals surface area contributed by atoms with E-state index in [-0.39, 0.29) is 23.7 Å². The number of anilines is 1. The standard InChI is InChI=1S/C17H14Cl2F3NO2/c18-12-4-6-13(7-5-12)25-9-1-2-16(24)23-15-10-11(17(20,21)22)3-8-14(15)19/h3-8,10H,1-2,9H2,(H,23,24). The summed E-state index contributed by atoms with van der Waals surface area (Å²) in [5.41, 5.74) is -0.946. The number of alkyl halides is 3. The lowest BCUT2D eigenvalue weighted by molar-refractivity contribution is -0.137. The molecule has 25 heavy (non-hydrogen) atoms. The van der Waals surface area contributed by atoms with Gasteiger partial charge in [0.15, 0.2) is 0 Å². The van der Waals surface area contributed by atoms with Crippen LogP contribution in [-0.2, 0) is 11.0 Å². The Morgan fingerprint density at radius 2 is 1.76 bits per heavy atom. The number of hydrogen-bond donors (Lipinski definition) is 1. The zero-order valence-electron chi connectivity index (χ0n) is 12.9. The molecule has 2 aromatic carbocycles. The number of hydrogen-bond acceptors (Lipinski definition) is 2. The molecular weight excluding hydrogens is 378 g/mol. The molecule has 0 atom stereocenters. The minimum absolute atomic E-state index is 0.0405. The van der Waals surface area contributed by atoms with Crippen LogP contribution in [0.3, 0.4) is 0 Å². The predicted octanol–water partition coefficient (Wildman–Crippen LogP) is 5.81. The zero-order valence-corrected chi connectivity index (χ0v) is 14.4. The van der Waals surface area contributed by atoms with Gasteiger partial charge in [-0.15, -0.1) is 0 Å². The summed E-state index contributed by atoms with van der Waals surface area (Å²) in [5.74, 6) is 0.173. The van der Waals surface area contributed by atoms with Crippen LogP contribution in [0.25, 0.3) is 0 Å². The van der Waals surface area contributed by atoms with Gasteiger partial charge >= 0.3 is 6.18 Å². The fourth-order valence-corrected chi connectivity index (χ4v) is 2.25. The Morgan fingerprint density at radius 3 is 2.40 bits per heavy atom. The van der Waals surface area contributed by atoms with Crippen LogP contribution in [0.5, 0.6) is 5.75 Å². The molecule has 0 radical (unpaired) electrons. The van der Waals surface area contributed by atoms with Crippen LogP contribution in [0.4, 0.5) is 18.9 Å². The van der Waals surface area contributed by atoms with E-state index in [1.54, 1.807) is 24.3 Å². The monoisotopic (exact) mass is 391 g/mol. The van der Waals surface area contributed by atoms with Gasteiger partial charge in [-0.3, -0.25) is 4.79 Å². The second-order valence-corrected chi connectivity index (χ2v) is 5.99. The summed E-state index contributed by atoms with van der Waals surface area (Å²) >= 11 is 11.6. The average Bonchev–Trinajstić information content (AvgIpc) is 2.54. The molecule has 8 heteroatoms. The van der Waals surface area contributed by atoms with Crippen molar-refractivity contribution in [3.05, 3.63) is 58.1 Å². The lowest BCUT2D eigenvalue weighted by Crippen LogP contribution is -2.14. The highest BCUT2D eigenvalue weighted by Gasteiger charge is 2.31. The molecule has 0 bridgehead atoms. The van der Waals surface area contributed by atoms with E-state index in [0.29, 0.717) is 17.2 Å². The van der Waals surface area contributed by atoms with Gasteiger partial charge in [-0.25, -0.2) is 0 Å². The molecule has 0 aliphatic rings. The van der Waals surface area contributed by atoms with Gasteiger partial charge in [0.05, 0.1) is 22.9 Å². The Labute approximate surface area is 152 Å². The SMILES string of the molecule is O=C(CCCOc1ccc(Cl)cc1)Nc1cc(C(F)(F)F)ccc1Cl. The molecular formula is C17H14Cl2F3NO2. The summed E-state index contributed by atoms with van der Waals surface area (Å²) in [6.45, 7) is 0.283. The highest BCUT2D eigenvalue weighted by Crippen LogP contribution is 2.33. The number of carbonyl (C=O) groups is 1. The van der Waals surface area contributed by atoms with Crippen LogP contribution < -0.4 is 10.1 Å². The van der Waals surface area contributed by atoms with E-state index in [2.05, 4.69) is 5.32 Å². The minimum Gasteiger partial charge on any atom is -0.494 e. The number of nitrogens with one attached hydrogen (secondary N) is 1. The molecule has 0 saturated carbocycles. The second kappa shape index (κ2) is 8.45. The van der Waals surface area contributed by atoms with E-state index in [1.165, 1.54) is 0 Å². The normalized spacial score (nSPS) is 11.2. The van der Waals surface area contributed by atoms with E-state index >= 15 is 0 Å². The predicted molar refractivity (Wildman–Crippen MR) is 91.3 cm³/mol. The van der Waals surface area contributed by atoms with Gasteiger partial charge in [0.25, 0.3) is 0 Å². The number of halogens is 5. The molecule has 0 heterocycles. The van der Waals surface area contributed by atoms with Gasteiger partial charge in [0, 0.05) is 11.4 Å². The Kier molecular flexibility index (Phi) is 6.56. The van der Waals surface area contributed by atoms with Crippen molar-refractivity contribution in [2.24, 2.45) is 0 Å². The summed E-state index contributed by atoms with van der Waals surface area (Å²) in [6, 6.07) is 9.53. The molecule has 0 aliphatic heterocycles. The van der Waals surface area contributed by atoms with Crippen LogP contribution >= 0.6 is 23.2 Å². The highest BCUT2D eigenvalue weighted by atomic mass is 35.5. The molecule has 0 fully saturated rings. The number of benzene rings is 2. The summed E-state index contributed by atoms with van der Waals surface area (Å²) in [6.07, 6.45) is -4.03. The van der Waals surface area contributed by atoms with Crippen molar-refractivity contribution < 1.29 is 22.7 Å². The Hall–Kier alpha value is -1.92. The van der Waals surface area contributed by atoms with E-state index in [4.69, 9.17) is 27.9 Å². The molecule has 3 nitrogen and oxygen atoms in total. The molecule has 2 rings (SSSR count). The third-order valence-electron chi connectivity index (χ3n) is 3.20. The minimum atomic E-state index is -4.50. The number of carbonyl (C=O) groups excluding carboxylic acids is 1. The Balaban J connectivity index is 1.83. The molecule has 134 valence electrons. The Morgan fingerprint density at radius 1 is 1.08 bits per heavy atom. The van der Waals surface area contributed by atoms with Gasteiger partial charge in [-0.1, -0.05) is 23.2 Å². The van der Waals surface area contributed by atoms with E-state index in [1.807, 2.05) is 0 Å². The van der Waals surface area contributed by atoms with E-state index in [9.17, 15) is 18.0 Å². The third kappa shape index (κ3) is 6.14. The smallest absolute Gasteiger partial charge is 0.416 e. The van der Waals surface area contributed by atoms with Crippen molar-refractivity contribution in [2.45, 2.75) is 19.0 Å². The first-order chi connectivity index (χ1) is 11.8. The maximum atomic E-state index is 12.7. The first kappa shape index (κ1) is 19.4. The third-order valence-corrected chi connectivity index (χ3v) is 3.78. The van der Waals surface area contributed by atoms with Crippen molar-refractivity contribution in [2.75, 3.05) is 11.9 Å². The van der Waals surface area contributed by atoms with Gasteiger partial charge < -0.3 is 10.1 Å². The first-order valence-corrected chi connectivity index (χ1v) is 8.06. The molecule has 2 aromatic rings. The van der Waals surface area contributed by atoms with Crippen LogP contribution in [0.1, 0.15) is 18.4 Å². The first-order valence-electron chi connectivity index (χ1n) is 7.30. The highest BCUT2D eigenvalue weighted by molar-refractivity contribution is 6.33. The molecule has 0 spiro atoms. The number of amides is 1.